The quantitative estimate of drug-likeness (QED) is 0.163. The Kier molecular flexibility index (Phi) is 9.64. The highest BCUT2D eigenvalue weighted by Crippen LogP contribution is 2.20. The number of esters is 3. The molecule has 0 aliphatic rings. The summed E-state index contributed by atoms with van der Waals surface area (Å²) in [4.78, 5) is 35.7. The summed E-state index contributed by atoms with van der Waals surface area (Å²) in [7, 11) is 1.80. The third-order valence-corrected chi connectivity index (χ3v) is 4.96. The van der Waals surface area contributed by atoms with Crippen LogP contribution in [0.5, 0.6) is 17.2 Å². The average molecular weight is 490 g/mol. The number of nitrogens with one attached hydrogen (secondary N) is 1. The molecule has 186 valence electrons. The lowest BCUT2D eigenvalue weighted by Crippen LogP contribution is -2.10. The Morgan fingerprint density at radius 1 is 0.722 bits per heavy atom. The second-order valence-electron chi connectivity index (χ2n) is 7.53. The van der Waals surface area contributed by atoms with Crippen LogP contribution in [-0.4, -0.2) is 38.2 Å². The van der Waals surface area contributed by atoms with E-state index < -0.39 is 17.9 Å². The topological polar surface area (TPSA) is 100 Å². The van der Waals surface area contributed by atoms with E-state index in [1.165, 1.54) is 24.3 Å². The Bertz CT molecular complexity index is 1170. The molecule has 0 saturated heterocycles. The lowest BCUT2D eigenvalue weighted by atomic mass is 10.2. The molecule has 8 heteroatoms. The van der Waals surface area contributed by atoms with E-state index in [-0.39, 0.29) is 0 Å². The largest absolute Gasteiger partial charge is 0.494 e. The smallest absolute Gasteiger partial charge is 0.343 e. The Balaban J connectivity index is 1.44. The summed E-state index contributed by atoms with van der Waals surface area (Å²) < 4.78 is 21.3. The van der Waals surface area contributed by atoms with Gasteiger partial charge in [-0.2, -0.15) is 0 Å². The molecular weight excluding hydrogens is 462 g/mol. The summed E-state index contributed by atoms with van der Waals surface area (Å²) in [6.07, 6.45) is 2.51. The molecular formula is C28H27NO7. The van der Waals surface area contributed by atoms with Crippen LogP contribution < -0.4 is 19.5 Å². The van der Waals surface area contributed by atoms with Gasteiger partial charge >= 0.3 is 17.9 Å². The summed E-state index contributed by atoms with van der Waals surface area (Å²) in [5.74, 6) is -0.158. The molecule has 0 saturated carbocycles. The van der Waals surface area contributed by atoms with Crippen LogP contribution >= 0.6 is 0 Å². The maximum absolute atomic E-state index is 12.4. The number of hydrogen-bond donors (Lipinski definition) is 1. The minimum atomic E-state index is -0.537. The van der Waals surface area contributed by atoms with Gasteiger partial charge in [0.2, 0.25) is 0 Å². The van der Waals surface area contributed by atoms with E-state index in [4.69, 9.17) is 18.9 Å². The lowest BCUT2D eigenvalue weighted by Gasteiger charge is -2.08. The zero-order valence-electron chi connectivity index (χ0n) is 19.9. The second-order valence-corrected chi connectivity index (χ2v) is 7.53. The first kappa shape index (κ1) is 26.0. The molecule has 36 heavy (non-hydrogen) atoms. The SMILES string of the molecule is C=CC(=O)OCCCCOc1ccc(C(=O)Oc2ccc(C(=O)Oc3ccc(NC)cc3)cc2)cc1. The van der Waals surface area contributed by atoms with Crippen LogP contribution in [0.15, 0.2) is 85.5 Å². The van der Waals surface area contributed by atoms with Crippen molar-refractivity contribution in [1.82, 2.24) is 0 Å². The van der Waals surface area contributed by atoms with Crippen LogP contribution in [-0.2, 0) is 9.53 Å². The number of carbonyl (C=O) groups excluding carboxylic acids is 3. The van der Waals surface area contributed by atoms with Gasteiger partial charge in [-0.3, -0.25) is 0 Å². The van der Waals surface area contributed by atoms with Crippen molar-refractivity contribution in [3.05, 3.63) is 96.6 Å². The van der Waals surface area contributed by atoms with Gasteiger partial charge in [-0.05, 0) is 85.6 Å². The monoisotopic (exact) mass is 489 g/mol. The molecule has 0 atom stereocenters. The van der Waals surface area contributed by atoms with Crippen molar-refractivity contribution in [2.45, 2.75) is 12.8 Å². The van der Waals surface area contributed by atoms with E-state index >= 15 is 0 Å². The Labute approximate surface area is 209 Å². The van der Waals surface area contributed by atoms with Gasteiger partial charge in [0.1, 0.15) is 17.2 Å². The van der Waals surface area contributed by atoms with Gasteiger partial charge in [-0.25, -0.2) is 14.4 Å². The maximum atomic E-state index is 12.4. The average Bonchev–Trinajstić information content (AvgIpc) is 2.91. The summed E-state index contributed by atoms with van der Waals surface area (Å²) in [5.41, 5.74) is 1.59. The van der Waals surface area contributed by atoms with Crippen molar-refractivity contribution in [2.75, 3.05) is 25.6 Å². The Morgan fingerprint density at radius 2 is 1.19 bits per heavy atom. The van der Waals surface area contributed by atoms with E-state index in [0.717, 1.165) is 11.8 Å². The van der Waals surface area contributed by atoms with Gasteiger partial charge in [-0.15, -0.1) is 0 Å². The zero-order chi connectivity index (χ0) is 25.8. The fourth-order valence-corrected chi connectivity index (χ4v) is 2.99. The standard InChI is InChI=1S/C28H27NO7/c1-3-26(30)34-19-5-4-18-33-23-12-6-20(7-13-23)27(31)35-24-14-8-21(9-15-24)28(32)36-25-16-10-22(29-2)11-17-25/h3,6-17,29H,1,4-5,18-19H2,2H3. The number of rotatable bonds is 12. The predicted molar refractivity (Wildman–Crippen MR) is 135 cm³/mol. The fraction of sp³-hybridized carbons (Fsp3) is 0.179. The van der Waals surface area contributed by atoms with Crippen molar-refractivity contribution in [3.8, 4) is 17.2 Å². The summed E-state index contributed by atoms with van der Waals surface area (Å²) in [6.45, 7) is 4.10. The van der Waals surface area contributed by atoms with Gasteiger partial charge in [0, 0.05) is 18.8 Å². The third kappa shape index (κ3) is 8.02. The highest BCUT2D eigenvalue weighted by molar-refractivity contribution is 5.92. The van der Waals surface area contributed by atoms with E-state index in [1.807, 2.05) is 0 Å². The molecule has 0 fully saturated rings. The number of carbonyl (C=O) groups is 3. The summed E-state index contributed by atoms with van der Waals surface area (Å²) in [6, 6.07) is 19.7. The van der Waals surface area contributed by atoms with Crippen molar-refractivity contribution in [1.29, 1.82) is 0 Å². The highest BCUT2D eigenvalue weighted by atomic mass is 16.5. The maximum Gasteiger partial charge on any atom is 0.343 e. The summed E-state index contributed by atoms with van der Waals surface area (Å²) in [5, 5.41) is 2.99. The van der Waals surface area contributed by atoms with Crippen molar-refractivity contribution in [3.63, 3.8) is 0 Å². The minimum Gasteiger partial charge on any atom is -0.494 e. The summed E-state index contributed by atoms with van der Waals surface area (Å²) >= 11 is 0. The van der Waals surface area contributed by atoms with Crippen molar-refractivity contribution >= 4 is 23.6 Å². The van der Waals surface area contributed by atoms with Crippen LogP contribution in [0, 0.1) is 0 Å². The first-order chi connectivity index (χ1) is 17.5. The molecule has 3 aromatic carbocycles. The van der Waals surface area contributed by atoms with Gasteiger partial charge in [-0.1, -0.05) is 6.58 Å². The molecule has 0 aliphatic carbocycles. The molecule has 0 spiro atoms. The molecule has 3 rings (SSSR count). The van der Waals surface area contributed by atoms with Gasteiger partial charge in [0.05, 0.1) is 24.3 Å². The molecule has 0 unspecified atom stereocenters. The van der Waals surface area contributed by atoms with E-state index in [9.17, 15) is 14.4 Å². The normalized spacial score (nSPS) is 10.1. The molecule has 3 aromatic rings. The minimum absolute atomic E-state index is 0.299. The molecule has 8 nitrogen and oxygen atoms in total. The number of anilines is 1. The second kappa shape index (κ2) is 13.3. The number of benzene rings is 3. The Morgan fingerprint density at radius 3 is 1.69 bits per heavy atom. The number of unbranched alkanes of at least 4 members (excludes halogenated alkanes) is 1. The van der Waals surface area contributed by atoms with Crippen molar-refractivity contribution in [2.24, 2.45) is 0 Å². The zero-order valence-corrected chi connectivity index (χ0v) is 19.9. The van der Waals surface area contributed by atoms with E-state index in [0.29, 0.717) is 54.4 Å². The molecule has 0 amide bonds. The van der Waals surface area contributed by atoms with Gasteiger partial charge in [0.25, 0.3) is 0 Å². The predicted octanol–water partition coefficient (Wildman–Crippen LogP) is 5.05. The molecule has 0 bridgehead atoms. The van der Waals surface area contributed by atoms with Crippen LogP contribution in [0.3, 0.4) is 0 Å². The first-order valence-electron chi connectivity index (χ1n) is 11.3. The number of hydrogen-bond acceptors (Lipinski definition) is 8. The van der Waals surface area contributed by atoms with Crippen LogP contribution in [0.4, 0.5) is 5.69 Å². The number of ether oxygens (including phenoxy) is 4. The van der Waals surface area contributed by atoms with Crippen molar-refractivity contribution < 1.29 is 33.3 Å². The molecule has 1 N–H and O–H groups in total. The third-order valence-electron chi connectivity index (χ3n) is 4.96. The van der Waals surface area contributed by atoms with E-state index in [2.05, 4.69) is 11.9 Å². The fourth-order valence-electron chi connectivity index (χ4n) is 2.99. The highest BCUT2D eigenvalue weighted by Gasteiger charge is 2.12. The van der Waals surface area contributed by atoms with Gasteiger partial charge in [0.15, 0.2) is 0 Å². The van der Waals surface area contributed by atoms with E-state index in [1.54, 1.807) is 55.6 Å². The Hall–Kier alpha value is -4.59. The van der Waals surface area contributed by atoms with Crippen LogP contribution in [0.25, 0.3) is 0 Å². The van der Waals surface area contributed by atoms with Gasteiger partial charge < -0.3 is 24.3 Å². The first-order valence-corrected chi connectivity index (χ1v) is 11.3. The molecule has 0 aliphatic heterocycles. The van der Waals surface area contributed by atoms with Crippen LogP contribution in [0.2, 0.25) is 0 Å². The lowest BCUT2D eigenvalue weighted by molar-refractivity contribution is -0.137. The van der Waals surface area contributed by atoms with Crippen LogP contribution in [0.1, 0.15) is 33.6 Å². The molecule has 0 aromatic heterocycles. The molecule has 0 heterocycles. The molecule has 0 radical (unpaired) electrons.